The van der Waals surface area contributed by atoms with Gasteiger partial charge in [-0.25, -0.2) is 0 Å². The lowest BCUT2D eigenvalue weighted by molar-refractivity contribution is 0.102. The molecule has 0 saturated carbocycles. The fourth-order valence-electron chi connectivity index (χ4n) is 1.74. The first kappa shape index (κ1) is 16.1. The van der Waals surface area contributed by atoms with Gasteiger partial charge in [0.2, 0.25) is 0 Å². The maximum atomic E-state index is 12.3. The molecule has 0 aliphatic heterocycles. The first-order valence-electron chi connectivity index (χ1n) is 6.03. The molecule has 0 radical (unpaired) electrons. The summed E-state index contributed by atoms with van der Waals surface area (Å²) in [5, 5.41) is 2.84. The third-order valence-corrected chi connectivity index (χ3v) is 4.31. The van der Waals surface area contributed by atoms with Crippen LogP contribution < -0.4 is 14.8 Å². The molecule has 6 heteroatoms. The van der Waals surface area contributed by atoms with Crippen molar-refractivity contribution in [2.24, 2.45) is 0 Å². The van der Waals surface area contributed by atoms with Crippen LogP contribution in [0.25, 0.3) is 0 Å². The summed E-state index contributed by atoms with van der Waals surface area (Å²) >= 11 is 5.59. The second-order valence-corrected chi connectivity index (χ2v) is 6.19. The molecule has 0 unspecified atom stereocenters. The largest absolute Gasteiger partial charge is 0.495 e. The minimum absolute atomic E-state index is 0.222. The summed E-state index contributed by atoms with van der Waals surface area (Å²) in [5.74, 6) is 0.865. The molecule has 2 aromatic rings. The summed E-state index contributed by atoms with van der Waals surface area (Å²) in [6, 6.07) is 10.9. The number of benzene rings is 2. The lowest BCUT2D eigenvalue weighted by Gasteiger charge is -2.11. The zero-order valence-electron chi connectivity index (χ0n) is 11.4. The van der Waals surface area contributed by atoms with Gasteiger partial charge in [0.05, 0.1) is 14.2 Å². The topological polar surface area (TPSA) is 47.6 Å². The fraction of sp³-hybridized carbons (Fsp3) is 0.133. The summed E-state index contributed by atoms with van der Waals surface area (Å²) < 4.78 is 12.3. The highest BCUT2D eigenvalue weighted by Gasteiger charge is 2.14. The molecule has 0 aliphatic carbocycles. The lowest BCUT2D eigenvalue weighted by atomic mass is 10.1. The summed E-state index contributed by atoms with van der Waals surface area (Å²) in [5.41, 5.74) is 1.20. The number of carbonyl (C=O) groups is 1. The Labute approximate surface area is 145 Å². The van der Waals surface area contributed by atoms with E-state index in [9.17, 15) is 4.79 Å². The van der Waals surface area contributed by atoms with Crippen molar-refractivity contribution in [2.75, 3.05) is 19.5 Å². The summed E-state index contributed by atoms with van der Waals surface area (Å²) in [6.45, 7) is 0. The number of carbonyl (C=O) groups excluding carboxylic acids is 1. The predicted molar refractivity (Wildman–Crippen MR) is 94.4 cm³/mol. The van der Waals surface area contributed by atoms with Gasteiger partial charge in [-0.05, 0) is 74.9 Å². The van der Waals surface area contributed by atoms with E-state index in [2.05, 4.69) is 43.8 Å². The van der Waals surface area contributed by atoms with Crippen molar-refractivity contribution in [1.82, 2.24) is 0 Å². The van der Waals surface area contributed by atoms with Gasteiger partial charge in [-0.2, -0.15) is 0 Å². The minimum Gasteiger partial charge on any atom is -0.495 e. The average molecular weight is 462 g/mol. The highest BCUT2D eigenvalue weighted by Crippen LogP contribution is 2.35. The maximum Gasteiger partial charge on any atom is 0.255 e. The Bertz CT molecular complexity index is 633. The van der Waals surface area contributed by atoms with Crippen LogP contribution in [0, 0.1) is 3.57 Å². The summed E-state index contributed by atoms with van der Waals surface area (Å²) in [4.78, 5) is 12.3. The van der Waals surface area contributed by atoms with E-state index in [0.29, 0.717) is 21.5 Å². The van der Waals surface area contributed by atoms with Gasteiger partial charge in [-0.3, -0.25) is 4.79 Å². The Morgan fingerprint density at radius 3 is 2.10 bits per heavy atom. The van der Waals surface area contributed by atoms with E-state index in [-0.39, 0.29) is 5.91 Å². The molecule has 0 atom stereocenters. The lowest BCUT2D eigenvalue weighted by Crippen LogP contribution is -2.12. The van der Waals surface area contributed by atoms with E-state index in [1.54, 1.807) is 26.4 Å². The van der Waals surface area contributed by atoms with Crippen LogP contribution >= 0.6 is 38.5 Å². The molecule has 2 aromatic carbocycles. The van der Waals surface area contributed by atoms with Crippen molar-refractivity contribution in [3.63, 3.8) is 0 Å². The zero-order valence-corrected chi connectivity index (χ0v) is 15.2. The van der Waals surface area contributed by atoms with Gasteiger partial charge in [0.25, 0.3) is 5.91 Å². The Kier molecular flexibility index (Phi) is 5.46. The molecule has 0 aromatic heterocycles. The van der Waals surface area contributed by atoms with E-state index in [4.69, 9.17) is 9.47 Å². The molecule has 110 valence electrons. The van der Waals surface area contributed by atoms with Crippen molar-refractivity contribution >= 4 is 50.1 Å². The number of rotatable bonds is 4. The van der Waals surface area contributed by atoms with Gasteiger partial charge in [0, 0.05) is 14.8 Å². The van der Waals surface area contributed by atoms with Crippen LogP contribution in [0.1, 0.15) is 10.4 Å². The van der Waals surface area contributed by atoms with E-state index in [1.165, 1.54) is 0 Å². The monoisotopic (exact) mass is 461 g/mol. The first-order chi connectivity index (χ1) is 10.0. The normalized spacial score (nSPS) is 10.1. The van der Waals surface area contributed by atoms with Crippen molar-refractivity contribution < 1.29 is 14.3 Å². The number of methoxy groups -OCH3 is 2. The number of amides is 1. The van der Waals surface area contributed by atoms with E-state index >= 15 is 0 Å². The van der Waals surface area contributed by atoms with Crippen LogP contribution in [0.5, 0.6) is 11.5 Å². The van der Waals surface area contributed by atoms with Crippen LogP contribution in [0.3, 0.4) is 0 Å². The molecule has 4 nitrogen and oxygen atoms in total. The van der Waals surface area contributed by atoms with Crippen molar-refractivity contribution in [3.8, 4) is 11.5 Å². The van der Waals surface area contributed by atoms with Crippen LogP contribution in [-0.4, -0.2) is 20.1 Å². The molecule has 0 heterocycles. The van der Waals surface area contributed by atoms with E-state index in [1.807, 2.05) is 24.3 Å². The molecule has 1 amide bonds. The standard InChI is InChI=1S/C15H13BrINO3/c1-20-12-7-9(8-13(21-2)14(12)16)15(19)18-11-5-3-10(17)4-6-11/h3-8H,1-2H3,(H,18,19). The van der Waals surface area contributed by atoms with Crippen molar-refractivity contribution in [3.05, 3.63) is 50.0 Å². The number of ether oxygens (including phenoxy) is 2. The Morgan fingerprint density at radius 2 is 1.62 bits per heavy atom. The molecular formula is C15H13BrINO3. The molecule has 0 spiro atoms. The first-order valence-corrected chi connectivity index (χ1v) is 7.90. The molecule has 0 bridgehead atoms. The van der Waals surface area contributed by atoms with Gasteiger partial charge in [0.1, 0.15) is 16.0 Å². The third kappa shape index (κ3) is 3.88. The molecule has 1 N–H and O–H groups in total. The number of anilines is 1. The molecular weight excluding hydrogens is 449 g/mol. The predicted octanol–water partition coefficient (Wildman–Crippen LogP) is 4.32. The van der Waals surface area contributed by atoms with Gasteiger partial charge in [0.15, 0.2) is 0 Å². The van der Waals surface area contributed by atoms with Crippen LogP contribution in [0.15, 0.2) is 40.9 Å². The number of hydrogen-bond acceptors (Lipinski definition) is 3. The van der Waals surface area contributed by atoms with E-state index < -0.39 is 0 Å². The van der Waals surface area contributed by atoms with Crippen LogP contribution in [0.4, 0.5) is 5.69 Å². The molecule has 0 aliphatic rings. The van der Waals surface area contributed by atoms with Crippen LogP contribution in [0.2, 0.25) is 0 Å². The number of nitrogens with one attached hydrogen (secondary N) is 1. The molecule has 2 rings (SSSR count). The Balaban J connectivity index is 2.28. The molecule has 0 fully saturated rings. The molecule has 0 saturated heterocycles. The Morgan fingerprint density at radius 1 is 1.10 bits per heavy atom. The second kappa shape index (κ2) is 7.13. The summed E-state index contributed by atoms with van der Waals surface area (Å²) in [6.07, 6.45) is 0. The Hall–Kier alpha value is -1.28. The number of hydrogen-bond donors (Lipinski definition) is 1. The highest BCUT2D eigenvalue weighted by atomic mass is 127. The molecule has 21 heavy (non-hydrogen) atoms. The van der Waals surface area contributed by atoms with Crippen molar-refractivity contribution in [1.29, 1.82) is 0 Å². The highest BCUT2D eigenvalue weighted by molar-refractivity contribution is 14.1. The van der Waals surface area contributed by atoms with Gasteiger partial charge in [-0.15, -0.1) is 0 Å². The fourth-order valence-corrected chi connectivity index (χ4v) is 2.65. The number of halogens is 2. The minimum atomic E-state index is -0.222. The smallest absolute Gasteiger partial charge is 0.255 e. The quantitative estimate of drug-likeness (QED) is 0.689. The van der Waals surface area contributed by atoms with Crippen LogP contribution in [-0.2, 0) is 0 Å². The SMILES string of the molecule is COc1cc(C(=O)Nc2ccc(I)cc2)cc(OC)c1Br. The maximum absolute atomic E-state index is 12.3. The van der Waals surface area contributed by atoms with Gasteiger partial charge < -0.3 is 14.8 Å². The zero-order chi connectivity index (χ0) is 15.4. The van der Waals surface area contributed by atoms with E-state index in [0.717, 1.165) is 9.26 Å². The average Bonchev–Trinajstić information content (AvgIpc) is 2.49. The second-order valence-electron chi connectivity index (χ2n) is 4.16. The summed E-state index contributed by atoms with van der Waals surface area (Å²) in [7, 11) is 3.08. The van der Waals surface area contributed by atoms with Gasteiger partial charge >= 0.3 is 0 Å². The van der Waals surface area contributed by atoms with Gasteiger partial charge in [-0.1, -0.05) is 0 Å². The third-order valence-electron chi connectivity index (χ3n) is 2.81. The van der Waals surface area contributed by atoms with Crippen molar-refractivity contribution in [2.45, 2.75) is 0 Å².